The number of rotatable bonds is 9. The van der Waals surface area contributed by atoms with E-state index in [1.165, 1.54) is 5.56 Å². The van der Waals surface area contributed by atoms with E-state index in [1.54, 1.807) is 14.2 Å². The van der Waals surface area contributed by atoms with Crippen molar-refractivity contribution >= 4 is 0 Å². The second kappa shape index (κ2) is 8.77. The molecule has 0 radical (unpaired) electrons. The van der Waals surface area contributed by atoms with Gasteiger partial charge < -0.3 is 18.9 Å². The predicted octanol–water partition coefficient (Wildman–Crippen LogP) is 2.86. The molecule has 0 aromatic heterocycles. The van der Waals surface area contributed by atoms with Crippen molar-refractivity contribution in [1.82, 2.24) is 0 Å². The molecule has 0 atom stereocenters. The average Bonchev–Trinajstić information content (AvgIpc) is 2.40. The first-order chi connectivity index (χ1) is 9.19. The summed E-state index contributed by atoms with van der Waals surface area (Å²) in [6, 6.07) is 6.05. The van der Waals surface area contributed by atoms with E-state index in [1.807, 2.05) is 12.1 Å². The summed E-state index contributed by atoms with van der Waals surface area (Å²) in [4.78, 5) is 0. The minimum Gasteiger partial charge on any atom is -0.487 e. The van der Waals surface area contributed by atoms with Gasteiger partial charge >= 0.3 is 0 Å². The van der Waals surface area contributed by atoms with Crippen molar-refractivity contribution in [2.24, 2.45) is 0 Å². The Labute approximate surface area is 115 Å². The molecule has 1 aromatic rings. The van der Waals surface area contributed by atoms with Crippen LogP contribution in [-0.2, 0) is 9.47 Å². The lowest BCUT2D eigenvalue weighted by Crippen LogP contribution is -2.09. The zero-order chi connectivity index (χ0) is 14.1. The number of benzene rings is 1. The summed E-state index contributed by atoms with van der Waals surface area (Å²) in [6.45, 7) is 6.45. The molecule has 0 amide bonds. The van der Waals surface area contributed by atoms with Crippen molar-refractivity contribution in [3.63, 3.8) is 0 Å². The van der Waals surface area contributed by atoms with Gasteiger partial charge in [0.05, 0.1) is 13.2 Å². The molecule has 1 aromatic carbocycles. The molecule has 0 unspecified atom stereocenters. The van der Waals surface area contributed by atoms with E-state index >= 15 is 0 Å². The SMILES string of the molecule is COCCOc1ccc(C(C)C)cc1OCCOC. The summed E-state index contributed by atoms with van der Waals surface area (Å²) < 4.78 is 21.3. The molecule has 0 saturated heterocycles. The van der Waals surface area contributed by atoms with Crippen molar-refractivity contribution in [2.75, 3.05) is 40.6 Å². The van der Waals surface area contributed by atoms with Crippen molar-refractivity contribution in [3.8, 4) is 11.5 Å². The van der Waals surface area contributed by atoms with Crippen molar-refractivity contribution < 1.29 is 18.9 Å². The number of hydrogen-bond acceptors (Lipinski definition) is 4. The maximum Gasteiger partial charge on any atom is 0.161 e. The van der Waals surface area contributed by atoms with Crippen LogP contribution in [0.3, 0.4) is 0 Å². The maximum absolute atomic E-state index is 5.71. The Morgan fingerprint density at radius 2 is 1.42 bits per heavy atom. The van der Waals surface area contributed by atoms with Crippen LogP contribution >= 0.6 is 0 Å². The van der Waals surface area contributed by atoms with E-state index in [2.05, 4.69) is 19.9 Å². The molecule has 1 rings (SSSR count). The van der Waals surface area contributed by atoms with Crippen LogP contribution in [0.2, 0.25) is 0 Å². The van der Waals surface area contributed by atoms with Gasteiger partial charge in [-0.15, -0.1) is 0 Å². The average molecular weight is 268 g/mol. The Bertz CT molecular complexity index is 363. The summed E-state index contributed by atoms with van der Waals surface area (Å²) in [7, 11) is 3.31. The Hall–Kier alpha value is -1.26. The third-order valence-electron chi connectivity index (χ3n) is 2.72. The van der Waals surface area contributed by atoms with E-state index in [-0.39, 0.29) is 0 Å². The minimum atomic E-state index is 0.456. The van der Waals surface area contributed by atoms with Gasteiger partial charge in [-0.25, -0.2) is 0 Å². The molecular formula is C15H24O4. The van der Waals surface area contributed by atoms with Crippen LogP contribution in [0.25, 0.3) is 0 Å². The summed E-state index contributed by atoms with van der Waals surface area (Å²) in [5, 5.41) is 0. The standard InChI is InChI=1S/C15H24O4/c1-12(2)13-5-6-14(18-9-7-16-3)15(11-13)19-10-8-17-4/h5-6,11-12H,7-10H2,1-4H3. The lowest BCUT2D eigenvalue weighted by molar-refractivity contribution is 0.132. The largest absolute Gasteiger partial charge is 0.487 e. The fraction of sp³-hybridized carbons (Fsp3) is 0.600. The van der Waals surface area contributed by atoms with E-state index in [0.717, 1.165) is 11.5 Å². The molecule has 0 aliphatic rings. The van der Waals surface area contributed by atoms with Crippen molar-refractivity contribution in [1.29, 1.82) is 0 Å². The van der Waals surface area contributed by atoms with E-state index < -0.39 is 0 Å². The monoisotopic (exact) mass is 268 g/mol. The lowest BCUT2D eigenvalue weighted by Gasteiger charge is -2.15. The second-order valence-electron chi connectivity index (χ2n) is 4.54. The summed E-state index contributed by atoms with van der Waals surface area (Å²) in [6.07, 6.45) is 0. The fourth-order valence-electron chi connectivity index (χ4n) is 1.59. The van der Waals surface area contributed by atoms with Gasteiger partial charge in [-0.2, -0.15) is 0 Å². The molecule has 0 aliphatic carbocycles. The van der Waals surface area contributed by atoms with Crippen molar-refractivity contribution in [3.05, 3.63) is 23.8 Å². The van der Waals surface area contributed by atoms with Crippen LogP contribution in [0.5, 0.6) is 11.5 Å². The van der Waals surface area contributed by atoms with Gasteiger partial charge in [-0.05, 0) is 23.6 Å². The number of methoxy groups -OCH3 is 2. The van der Waals surface area contributed by atoms with Gasteiger partial charge in [-0.3, -0.25) is 0 Å². The Morgan fingerprint density at radius 3 is 1.95 bits per heavy atom. The molecule has 0 spiro atoms. The molecule has 0 saturated carbocycles. The molecule has 19 heavy (non-hydrogen) atoms. The van der Waals surface area contributed by atoms with E-state index in [4.69, 9.17) is 18.9 Å². The van der Waals surface area contributed by atoms with Crippen LogP contribution < -0.4 is 9.47 Å². The minimum absolute atomic E-state index is 0.456. The zero-order valence-corrected chi connectivity index (χ0v) is 12.3. The number of ether oxygens (including phenoxy) is 4. The van der Waals surface area contributed by atoms with Crippen molar-refractivity contribution in [2.45, 2.75) is 19.8 Å². The first-order valence-corrected chi connectivity index (χ1v) is 6.56. The van der Waals surface area contributed by atoms with Crippen LogP contribution in [0, 0.1) is 0 Å². The topological polar surface area (TPSA) is 36.9 Å². The highest BCUT2D eigenvalue weighted by atomic mass is 16.5. The summed E-state index contributed by atoms with van der Waals surface area (Å²) >= 11 is 0. The second-order valence-corrected chi connectivity index (χ2v) is 4.54. The first kappa shape index (κ1) is 15.8. The molecule has 0 aliphatic heterocycles. The molecule has 0 fully saturated rings. The molecule has 0 N–H and O–H groups in total. The quantitative estimate of drug-likeness (QED) is 0.645. The molecule has 4 nitrogen and oxygen atoms in total. The zero-order valence-electron chi connectivity index (χ0n) is 12.3. The van der Waals surface area contributed by atoms with Gasteiger partial charge in [0.1, 0.15) is 13.2 Å². The van der Waals surface area contributed by atoms with Crippen LogP contribution in [-0.4, -0.2) is 40.6 Å². The molecule has 0 bridgehead atoms. The highest BCUT2D eigenvalue weighted by Crippen LogP contribution is 2.31. The van der Waals surface area contributed by atoms with Gasteiger partial charge in [0.15, 0.2) is 11.5 Å². The maximum atomic E-state index is 5.71. The van der Waals surface area contributed by atoms with Gasteiger partial charge in [0.2, 0.25) is 0 Å². The van der Waals surface area contributed by atoms with Gasteiger partial charge in [0, 0.05) is 14.2 Å². The van der Waals surface area contributed by atoms with Crippen LogP contribution in [0.1, 0.15) is 25.3 Å². The van der Waals surface area contributed by atoms with Gasteiger partial charge in [0.25, 0.3) is 0 Å². The molecule has 108 valence electrons. The number of hydrogen-bond donors (Lipinski definition) is 0. The van der Waals surface area contributed by atoms with E-state index in [0.29, 0.717) is 32.3 Å². The summed E-state index contributed by atoms with van der Waals surface area (Å²) in [5.74, 6) is 1.97. The lowest BCUT2D eigenvalue weighted by atomic mass is 10.0. The Kier molecular flexibility index (Phi) is 7.30. The molecule has 0 heterocycles. The highest BCUT2D eigenvalue weighted by Gasteiger charge is 2.09. The smallest absolute Gasteiger partial charge is 0.161 e. The predicted molar refractivity (Wildman–Crippen MR) is 75.3 cm³/mol. The third kappa shape index (κ3) is 5.49. The van der Waals surface area contributed by atoms with Gasteiger partial charge in [-0.1, -0.05) is 19.9 Å². The Balaban J connectivity index is 2.75. The summed E-state index contributed by atoms with van der Waals surface area (Å²) in [5.41, 5.74) is 1.23. The van der Waals surface area contributed by atoms with Crippen LogP contribution in [0.15, 0.2) is 18.2 Å². The highest BCUT2D eigenvalue weighted by molar-refractivity contribution is 5.43. The van der Waals surface area contributed by atoms with E-state index in [9.17, 15) is 0 Å². The third-order valence-corrected chi connectivity index (χ3v) is 2.72. The van der Waals surface area contributed by atoms with Crippen LogP contribution in [0.4, 0.5) is 0 Å². The Morgan fingerprint density at radius 1 is 0.842 bits per heavy atom. The first-order valence-electron chi connectivity index (χ1n) is 6.56. The normalized spacial score (nSPS) is 10.8. The fourth-order valence-corrected chi connectivity index (χ4v) is 1.59. The molecular weight excluding hydrogens is 244 g/mol. The molecule has 4 heteroatoms.